The Balaban J connectivity index is 1.64. The predicted molar refractivity (Wildman–Crippen MR) is 119 cm³/mol. The van der Waals surface area contributed by atoms with E-state index in [0.29, 0.717) is 22.6 Å². The number of rotatable bonds is 3. The second kappa shape index (κ2) is 7.71. The quantitative estimate of drug-likeness (QED) is 0.335. The number of thiophene rings is 1. The van der Waals surface area contributed by atoms with Crippen LogP contribution in [0, 0.1) is 22.7 Å². The van der Waals surface area contributed by atoms with Crippen molar-refractivity contribution in [2.45, 2.75) is 5.92 Å². The van der Waals surface area contributed by atoms with E-state index in [1.807, 2.05) is 42.5 Å². The van der Waals surface area contributed by atoms with Gasteiger partial charge in [-0.25, -0.2) is 4.79 Å². The summed E-state index contributed by atoms with van der Waals surface area (Å²) in [5, 5.41) is 19.1. The average molecular weight is 424 g/mol. The summed E-state index contributed by atoms with van der Waals surface area (Å²) in [5.74, 6) is -0.894. The van der Waals surface area contributed by atoms with Gasteiger partial charge in [-0.15, -0.1) is 11.3 Å². The maximum absolute atomic E-state index is 12.7. The molecule has 150 valence electrons. The van der Waals surface area contributed by atoms with E-state index in [0.717, 1.165) is 15.0 Å². The molecule has 1 aromatic heterocycles. The van der Waals surface area contributed by atoms with Gasteiger partial charge < -0.3 is 9.47 Å². The van der Waals surface area contributed by atoms with Crippen LogP contribution in [0.15, 0.2) is 78.9 Å². The van der Waals surface area contributed by atoms with Crippen LogP contribution in [0.2, 0.25) is 0 Å². The molecule has 0 saturated heterocycles. The van der Waals surface area contributed by atoms with Crippen molar-refractivity contribution in [1.29, 1.82) is 10.7 Å². The number of benzene rings is 3. The van der Waals surface area contributed by atoms with Crippen molar-refractivity contribution in [3.63, 3.8) is 0 Å². The zero-order chi connectivity index (χ0) is 21.4. The monoisotopic (exact) mass is 424 g/mol. The molecule has 2 heterocycles. The van der Waals surface area contributed by atoms with Crippen molar-refractivity contribution in [2.75, 3.05) is 0 Å². The van der Waals surface area contributed by atoms with Crippen molar-refractivity contribution in [3.8, 4) is 17.6 Å². The number of carbonyl (C=O) groups excluding carboxylic acids is 1. The number of nitriles is 1. The summed E-state index contributed by atoms with van der Waals surface area (Å²) in [6.45, 7) is 0. The molecule has 6 heteroatoms. The van der Waals surface area contributed by atoms with E-state index in [1.54, 1.807) is 36.4 Å². The molecule has 0 radical (unpaired) electrons. The lowest BCUT2D eigenvalue weighted by Gasteiger charge is -2.29. The Hall–Kier alpha value is -3.95. The molecule has 1 aliphatic heterocycles. The van der Waals surface area contributed by atoms with Crippen molar-refractivity contribution < 1.29 is 14.3 Å². The van der Waals surface area contributed by atoms with Gasteiger partial charge >= 0.3 is 5.97 Å². The summed E-state index contributed by atoms with van der Waals surface area (Å²) in [5.41, 5.74) is 1.12. The molecule has 31 heavy (non-hydrogen) atoms. The van der Waals surface area contributed by atoms with Crippen LogP contribution in [0.1, 0.15) is 26.7 Å². The Morgan fingerprint density at radius 1 is 1.00 bits per heavy atom. The highest BCUT2D eigenvalue weighted by atomic mass is 32.1. The summed E-state index contributed by atoms with van der Waals surface area (Å²) in [6.07, 6.45) is 0. The smallest absolute Gasteiger partial charge is 0.343 e. The Kier molecular flexibility index (Phi) is 4.73. The van der Waals surface area contributed by atoms with Gasteiger partial charge in [-0.05, 0) is 30.3 Å². The number of nitrogens with one attached hydrogen (secondary N) is 1. The van der Waals surface area contributed by atoms with Crippen LogP contribution in [-0.2, 0) is 0 Å². The lowest BCUT2D eigenvalue weighted by atomic mass is 9.83. The number of para-hydroxylation sites is 1. The minimum absolute atomic E-state index is 0.104. The first kappa shape index (κ1) is 19.0. The van der Waals surface area contributed by atoms with E-state index in [1.165, 1.54) is 11.3 Å². The van der Waals surface area contributed by atoms with E-state index >= 15 is 0 Å². The molecule has 1 N–H and O–H groups in total. The topological polar surface area (TPSA) is 83.2 Å². The van der Waals surface area contributed by atoms with Crippen molar-refractivity contribution in [3.05, 3.63) is 94.9 Å². The van der Waals surface area contributed by atoms with Crippen LogP contribution in [0.3, 0.4) is 0 Å². The predicted octanol–water partition coefficient (Wildman–Crippen LogP) is 5.76. The average Bonchev–Trinajstić information content (AvgIpc) is 3.17. The number of nitrogens with zero attached hydrogens (tertiary/aromatic N) is 1. The molecular formula is C25H16N2O3S. The van der Waals surface area contributed by atoms with Crippen LogP contribution >= 0.6 is 11.3 Å². The van der Waals surface area contributed by atoms with E-state index in [4.69, 9.17) is 14.9 Å². The van der Waals surface area contributed by atoms with Gasteiger partial charge in [0.1, 0.15) is 11.7 Å². The van der Waals surface area contributed by atoms with Crippen LogP contribution in [-0.4, -0.2) is 11.9 Å². The summed E-state index contributed by atoms with van der Waals surface area (Å²) < 4.78 is 12.6. The van der Waals surface area contributed by atoms with Crippen LogP contribution in [0.5, 0.6) is 11.5 Å². The van der Waals surface area contributed by atoms with Crippen LogP contribution in [0.25, 0.3) is 10.1 Å². The Bertz CT molecular complexity index is 1350. The lowest BCUT2D eigenvalue weighted by Crippen LogP contribution is -2.30. The standard InChI is InChI=1S/C25H16N2O3S/c26-14-18-21(23-22(30-24(18)27)17-11-5-7-13-20(17)31-23)16-10-4-6-12-19(16)29-25(28)15-8-2-1-3-9-15/h1-13,18,21,27H. The number of esters is 1. The molecule has 0 amide bonds. The van der Waals surface area contributed by atoms with Crippen LogP contribution < -0.4 is 9.47 Å². The first-order valence-corrected chi connectivity index (χ1v) is 10.5. The molecule has 0 saturated carbocycles. The number of ether oxygens (including phenoxy) is 2. The number of fused-ring (bicyclic) bond motifs is 3. The van der Waals surface area contributed by atoms with E-state index in [9.17, 15) is 10.1 Å². The molecule has 1 aliphatic rings. The normalized spacial score (nSPS) is 17.5. The van der Waals surface area contributed by atoms with Gasteiger partial charge in [-0.3, -0.25) is 5.41 Å². The molecular weight excluding hydrogens is 408 g/mol. The van der Waals surface area contributed by atoms with E-state index in [-0.39, 0.29) is 5.90 Å². The minimum Gasteiger partial charge on any atom is -0.440 e. The minimum atomic E-state index is -0.822. The second-order valence-corrected chi connectivity index (χ2v) is 8.22. The molecule has 2 atom stereocenters. The Morgan fingerprint density at radius 2 is 1.71 bits per heavy atom. The lowest BCUT2D eigenvalue weighted by molar-refractivity contribution is 0.0732. The molecule has 2 unspecified atom stereocenters. The van der Waals surface area contributed by atoms with Gasteiger partial charge in [0.2, 0.25) is 5.90 Å². The molecule has 0 fully saturated rings. The fraction of sp³-hybridized carbons (Fsp3) is 0.0800. The van der Waals surface area contributed by atoms with Gasteiger partial charge in [0.05, 0.1) is 22.4 Å². The summed E-state index contributed by atoms with van der Waals surface area (Å²) in [4.78, 5) is 13.6. The van der Waals surface area contributed by atoms with Crippen LogP contribution in [0.4, 0.5) is 0 Å². The van der Waals surface area contributed by atoms with Gasteiger partial charge in [0.15, 0.2) is 5.75 Å². The highest BCUT2D eigenvalue weighted by Crippen LogP contribution is 2.51. The van der Waals surface area contributed by atoms with Crippen molar-refractivity contribution >= 4 is 33.3 Å². The van der Waals surface area contributed by atoms with E-state index < -0.39 is 17.8 Å². The van der Waals surface area contributed by atoms with Gasteiger partial charge in [0, 0.05) is 15.6 Å². The molecule has 4 aromatic rings. The first-order valence-electron chi connectivity index (χ1n) is 9.71. The number of hydrogen-bond donors (Lipinski definition) is 1. The highest BCUT2D eigenvalue weighted by Gasteiger charge is 2.40. The Labute approximate surface area is 182 Å². The fourth-order valence-corrected chi connectivity index (χ4v) is 5.13. The van der Waals surface area contributed by atoms with Crippen molar-refractivity contribution in [1.82, 2.24) is 0 Å². The molecule has 0 bridgehead atoms. The zero-order valence-electron chi connectivity index (χ0n) is 16.2. The third-order valence-electron chi connectivity index (χ3n) is 5.29. The largest absolute Gasteiger partial charge is 0.440 e. The van der Waals surface area contributed by atoms with Gasteiger partial charge in [-0.1, -0.05) is 48.5 Å². The maximum atomic E-state index is 12.7. The highest BCUT2D eigenvalue weighted by molar-refractivity contribution is 7.19. The van der Waals surface area contributed by atoms with Gasteiger partial charge in [0.25, 0.3) is 0 Å². The third kappa shape index (κ3) is 3.25. The summed E-state index contributed by atoms with van der Waals surface area (Å²) in [6, 6.07) is 26.0. The first-order chi connectivity index (χ1) is 15.2. The molecule has 5 nitrogen and oxygen atoms in total. The summed E-state index contributed by atoms with van der Waals surface area (Å²) in [7, 11) is 0. The SMILES string of the molecule is N#CC1C(=N)Oc2c(sc3ccccc23)C1c1ccccc1OC(=O)c1ccccc1. The summed E-state index contributed by atoms with van der Waals surface area (Å²) >= 11 is 1.53. The number of carbonyl (C=O) groups is 1. The third-order valence-corrected chi connectivity index (χ3v) is 6.53. The Morgan fingerprint density at radius 3 is 2.52 bits per heavy atom. The molecule has 0 spiro atoms. The molecule has 0 aliphatic carbocycles. The van der Waals surface area contributed by atoms with Gasteiger partial charge in [-0.2, -0.15) is 5.26 Å². The van der Waals surface area contributed by atoms with Crippen molar-refractivity contribution in [2.24, 2.45) is 5.92 Å². The molecule has 5 rings (SSSR count). The fourth-order valence-electron chi connectivity index (χ4n) is 3.84. The van der Waals surface area contributed by atoms with E-state index in [2.05, 4.69) is 6.07 Å². The zero-order valence-corrected chi connectivity index (χ0v) is 17.1. The second-order valence-electron chi connectivity index (χ2n) is 7.14. The molecule has 3 aromatic carbocycles. The number of hydrogen-bond acceptors (Lipinski definition) is 6. The maximum Gasteiger partial charge on any atom is 0.343 e.